The lowest BCUT2D eigenvalue weighted by Gasteiger charge is -2.33. The number of benzene rings is 2. The minimum absolute atomic E-state index is 0.0858. The molecule has 2 heterocycles. The molecular formula is C21H24FNO2. The Kier molecular flexibility index (Phi) is 4.73. The highest BCUT2D eigenvalue weighted by Gasteiger charge is 2.41. The maximum absolute atomic E-state index is 13.2. The minimum Gasteiger partial charge on any atom is -0.489 e. The highest BCUT2D eigenvalue weighted by Crippen LogP contribution is 2.41. The SMILES string of the molecule is Fc1cccc(COc2ccc([C@@H]3COC4(CCNCC4)C3)cc2)c1. The molecular weight excluding hydrogens is 317 g/mol. The van der Waals surface area contributed by atoms with Crippen LogP contribution in [0.5, 0.6) is 5.75 Å². The predicted molar refractivity (Wildman–Crippen MR) is 95.3 cm³/mol. The molecule has 0 bridgehead atoms. The number of hydrogen-bond donors (Lipinski definition) is 1. The molecule has 1 spiro atoms. The van der Waals surface area contributed by atoms with Crippen molar-refractivity contribution in [3.05, 3.63) is 65.5 Å². The second-order valence-corrected chi connectivity index (χ2v) is 7.13. The molecule has 0 aromatic heterocycles. The zero-order chi connectivity index (χ0) is 17.1. The summed E-state index contributed by atoms with van der Waals surface area (Å²) in [4.78, 5) is 0. The monoisotopic (exact) mass is 341 g/mol. The first kappa shape index (κ1) is 16.6. The van der Waals surface area contributed by atoms with Gasteiger partial charge in [0.15, 0.2) is 0 Å². The normalized spacial score (nSPS) is 22.2. The molecule has 0 amide bonds. The van der Waals surface area contributed by atoms with E-state index in [4.69, 9.17) is 9.47 Å². The van der Waals surface area contributed by atoms with Gasteiger partial charge in [0.05, 0.1) is 12.2 Å². The van der Waals surface area contributed by atoms with Crippen molar-refractivity contribution >= 4 is 0 Å². The van der Waals surface area contributed by atoms with Gasteiger partial charge in [-0.15, -0.1) is 0 Å². The maximum Gasteiger partial charge on any atom is 0.123 e. The summed E-state index contributed by atoms with van der Waals surface area (Å²) in [5.41, 5.74) is 2.23. The van der Waals surface area contributed by atoms with E-state index in [1.165, 1.54) is 17.7 Å². The van der Waals surface area contributed by atoms with Gasteiger partial charge in [0, 0.05) is 5.92 Å². The summed E-state index contributed by atoms with van der Waals surface area (Å²) >= 11 is 0. The maximum atomic E-state index is 13.2. The molecule has 2 aromatic rings. The average Bonchev–Trinajstić information content (AvgIpc) is 3.04. The standard InChI is InChI=1S/C21H24FNO2/c22-19-3-1-2-16(12-19)14-24-20-6-4-17(5-7-20)18-13-21(25-15-18)8-10-23-11-9-21/h1-7,12,18,23H,8-11,13-15H2/t18-/m0/s1. The van der Waals surface area contributed by atoms with Crippen molar-refractivity contribution in [3.8, 4) is 5.75 Å². The Morgan fingerprint density at radius 1 is 1.12 bits per heavy atom. The van der Waals surface area contributed by atoms with Gasteiger partial charge >= 0.3 is 0 Å². The lowest BCUT2D eigenvalue weighted by molar-refractivity contribution is -0.0193. The van der Waals surface area contributed by atoms with Gasteiger partial charge in [-0.1, -0.05) is 24.3 Å². The van der Waals surface area contributed by atoms with Crippen LogP contribution >= 0.6 is 0 Å². The van der Waals surface area contributed by atoms with Gasteiger partial charge in [-0.25, -0.2) is 4.39 Å². The minimum atomic E-state index is -0.232. The first-order valence-corrected chi connectivity index (χ1v) is 9.04. The molecule has 25 heavy (non-hydrogen) atoms. The van der Waals surface area contributed by atoms with Gasteiger partial charge in [0.25, 0.3) is 0 Å². The molecule has 2 fully saturated rings. The summed E-state index contributed by atoms with van der Waals surface area (Å²) in [6.07, 6.45) is 3.33. The van der Waals surface area contributed by atoms with Crippen LogP contribution in [0.3, 0.4) is 0 Å². The molecule has 0 aliphatic carbocycles. The lowest BCUT2D eigenvalue weighted by atomic mass is 9.84. The van der Waals surface area contributed by atoms with E-state index in [0.717, 1.165) is 50.3 Å². The predicted octanol–water partition coefficient (Wildman–Crippen LogP) is 4.03. The van der Waals surface area contributed by atoms with Gasteiger partial charge < -0.3 is 14.8 Å². The molecule has 0 saturated carbocycles. The quantitative estimate of drug-likeness (QED) is 0.911. The first-order chi connectivity index (χ1) is 12.2. The fourth-order valence-corrected chi connectivity index (χ4v) is 3.92. The van der Waals surface area contributed by atoms with Crippen LogP contribution < -0.4 is 10.1 Å². The molecule has 2 saturated heterocycles. The molecule has 4 rings (SSSR count). The smallest absolute Gasteiger partial charge is 0.123 e. The van der Waals surface area contributed by atoms with Crippen LogP contribution in [0.4, 0.5) is 4.39 Å². The molecule has 0 radical (unpaired) electrons. The Balaban J connectivity index is 1.36. The highest BCUT2D eigenvalue weighted by atomic mass is 19.1. The number of rotatable bonds is 4. The Morgan fingerprint density at radius 3 is 2.68 bits per heavy atom. The first-order valence-electron chi connectivity index (χ1n) is 9.04. The number of hydrogen-bond acceptors (Lipinski definition) is 3. The third kappa shape index (κ3) is 3.86. The van der Waals surface area contributed by atoms with E-state index in [1.54, 1.807) is 6.07 Å². The zero-order valence-electron chi connectivity index (χ0n) is 14.3. The van der Waals surface area contributed by atoms with Crippen molar-refractivity contribution in [1.29, 1.82) is 0 Å². The Morgan fingerprint density at radius 2 is 1.92 bits per heavy atom. The van der Waals surface area contributed by atoms with Crippen molar-refractivity contribution in [1.82, 2.24) is 5.32 Å². The molecule has 2 aliphatic rings. The van der Waals surface area contributed by atoms with Gasteiger partial charge in [0.2, 0.25) is 0 Å². The Hall–Kier alpha value is -1.91. The van der Waals surface area contributed by atoms with Gasteiger partial charge in [-0.3, -0.25) is 0 Å². The van der Waals surface area contributed by atoms with Crippen LogP contribution in [0.15, 0.2) is 48.5 Å². The summed E-state index contributed by atoms with van der Waals surface area (Å²) in [5, 5.41) is 3.41. The number of nitrogens with one attached hydrogen (secondary N) is 1. The Labute approximate surface area is 148 Å². The van der Waals surface area contributed by atoms with Crippen LogP contribution in [0.2, 0.25) is 0 Å². The van der Waals surface area contributed by atoms with E-state index in [-0.39, 0.29) is 11.4 Å². The van der Waals surface area contributed by atoms with E-state index in [9.17, 15) is 4.39 Å². The highest BCUT2D eigenvalue weighted by molar-refractivity contribution is 5.31. The number of halogens is 1. The van der Waals surface area contributed by atoms with E-state index in [2.05, 4.69) is 17.4 Å². The van der Waals surface area contributed by atoms with E-state index in [1.807, 2.05) is 18.2 Å². The molecule has 3 nitrogen and oxygen atoms in total. The molecule has 2 aromatic carbocycles. The summed E-state index contributed by atoms with van der Waals surface area (Å²) in [5.74, 6) is 1.04. The number of ether oxygens (including phenoxy) is 2. The van der Waals surface area contributed by atoms with Gasteiger partial charge in [0.1, 0.15) is 18.2 Å². The molecule has 2 aliphatic heterocycles. The van der Waals surface area contributed by atoms with Crippen LogP contribution in [0.1, 0.15) is 36.3 Å². The topological polar surface area (TPSA) is 30.5 Å². The molecule has 1 N–H and O–H groups in total. The average molecular weight is 341 g/mol. The molecule has 1 atom stereocenters. The van der Waals surface area contributed by atoms with Crippen LogP contribution in [0.25, 0.3) is 0 Å². The van der Waals surface area contributed by atoms with Crippen LogP contribution in [-0.2, 0) is 11.3 Å². The zero-order valence-corrected chi connectivity index (χ0v) is 14.3. The van der Waals surface area contributed by atoms with Gasteiger partial charge in [-0.05, 0) is 67.7 Å². The molecule has 0 unspecified atom stereocenters. The van der Waals surface area contributed by atoms with E-state index < -0.39 is 0 Å². The van der Waals surface area contributed by atoms with Crippen molar-refractivity contribution < 1.29 is 13.9 Å². The van der Waals surface area contributed by atoms with Crippen molar-refractivity contribution in [3.63, 3.8) is 0 Å². The summed E-state index contributed by atoms with van der Waals surface area (Å²) in [6, 6.07) is 14.8. The summed E-state index contributed by atoms with van der Waals surface area (Å²) in [6.45, 7) is 3.29. The third-order valence-corrected chi connectivity index (χ3v) is 5.37. The lowest BCUT2D eigenvalue weighted by Crippen LogP contribution is -2.41. The van der Waals surface area contributed by atoms with Crippen molar-refractivity contribution in [2.24, 2.45) is 0 Å². The molecule has 132 valence electrons. The number of piperidine rings is 1. The second kappa shape index (κ2) is 7.14. The second-order valence-electron chi connectivity index (χ2n) is 7.13. The van der Waals surface area contributed by atoms with Gasteiger partial charge in [-0.2, -0.15) is 0 Å². The third-order valence-electron chi connectivity index (χ3n) is 5.37. The van der Waals surface area contributed by atoms with Crippen LogP contribution in [-0.4, -0.2) is 25.3 Å². The fourth-order valence-electron chi connectivity index (χ4n) is 3.92. The molecule has 4 heteroatoms. The van der Waals surface area contributed by atoms with E-state index in [0.29, 0.717) is 12.5 Å². The Bertz CT molecular complexity index is 710. The van der Waals surface area contributed by atoms with Crippen LogP contribution in [0, 0.1) is 5.82 Å². The fraction of sp³-hybridized carbons (Fsp3) is 0.429. The van der Waals surface area contributed by atoms with Crippen molar-refractivity contribution in [2.45, 2.75) is 37.4 Å². The summed E-state index contributed by atoms with van der Waals surface area (Å²) in [7, 11) is 0. The van der Waals surface area contributed by atoms with E-state index >= 15 is 0 Å². The summed E-state index contributed by atoms with van der Waals surface area (Å²) < 4.78 is 25.2. The van der Waals surface area contributed by atoms with Crippen molar-refractivity contribution in [2.75, 3.05) is 19.7 Å². The largest absolute Gasteiger partial charge is 0.489 e.